The summed E-state index contributed by atoms with van der Waals surface area (Å²) in [6, 6.07) is 1.52. The van der Waals surface area contributed by atoms with E-state index in [9.17, 15) is 0 Å². The molecule has 1 rings (SSSR count). The molecule has 0 amide bonds. The Labute approximate surface area is 102 Å². The fraction of sp³-hybridized carbons (Fsp3) is 1.00. The lowest BCUT2D eigenvalue weighted by Crippen LogP contribution is -2.36. The van der Waals surface area contributed by atoms with E-state index in [2.05, 4.69) is 37.9 Å². The zero-order valence-electron chi connectivity index (χ0n) is 11.6. The molecule has 1 saturated heterocycles. The van der Waals surface area contributed by atoms with E-state index in [-0.39, 0.29) is 0 Å². The Hall–Kier alpha value is -0.0800. The molecule has 2 nitrogen and oxygen atoms in total. The van der Waals surface area contributed by atoms with Crippen LogP contribution < -0.4 is 5.32 Å². The Kier molecular flexibility index (Phi) is 6.37. The van der Waals surface area contributed by atoms with Crippen molar-refractivity contribution in [2.24, 2.45) is 5.92 Å². The third-order valence-corrected chi connectivity index (χ3v) is 3.87. The van der Waals surface area contributed by atoms with E-state index in [0.717, 1.165) is 18.0 Å². The molecular formula is C14H30N2. The highest BCUT2D eigenvalue weighted by molar-refractivity contribution is 4.77. The van der Waals surface area contributed by atoms with Crippen LogP contribution in [0.3, 0.4) is 0 Å². The predicted molar refractivity (Wildman–Crippen MR) is 71.8 cm³/mol. The van der Waals surface area contributed by atoms with Crippen molar-refractivity contribution in [1.29, 1.82) is 0 Å². The minimum Gasteiger partial charge on any atom is -0.313 e. The molecule has 16 heavy (non-hydrogen) atoms. The van der Waals surface area contributed by atoms with Crippen LogP contribution in [0.5, 0.6) is 0 Å². The number of nitrogens with zero attached hydrogens (tertiary/aromatic N) is 1. The van der Waals surface area contributed by atoms with Crippen molar-refractivity contribution in [3.05, 3.63) is 0 Å². The fourth-order valence-electron chi connectivity index (χ4n) is 2.49. The normalized spacial score (nSPS) is 25.7. The molecule has 0 aromatic rings. The van der Waals surface area contributed by atoms with Crippen LogP contribution in [-0.2, 0) is 0 Å². The Balaban J connectivity index is 2.30. The molecule has 2 unspecified atom stereocenters. The standard InChI is InChI=1S/C14H30N2/c1-5-14-8-10-16(11-9-15-14)13(4)7-6-12(2)3/h12-15H,5-11H2,1-4H3. The molecule has 1 aliphatic rings. The summed E-state index contributed by atoms with van der Waals surface area (Å²) in [5.74, 6) is 0.843. The minimum absolute atomic E-state index is 0.752. The topological polar surface area (TPSA) is 15.3 Å². The third kappa shape index (κ3) is 4.84. The molecule has 96 valence electrons. The average Bonchev–Trinajstić information content (AvgIpc) is 2.50. The molecule has 0 bridgehead atoms. The van der Waals surface area contributed by atoms with Crippen molar-refractivity contribution in [3.8, 4) is 0 Å². The molecule has 0 aromatic carbocycles. The summed E-state index contributed by atoms with van der Waals surface area (Å²) in [7, 11) is 0. The van der Waals surface area contributed by atoms with Gasteiger partial charge in [-0.2, -0.15) is 0 Å². The van der Waals surface area contributed by atoms with E-state index in [0.29, 0.717) is 0 Å². The monoisotopic (exact) mass is 226 g/mol. The maximum absolute atomic E-state index is 3.64. The predicted octanol–water partition coefficient (Wildman–Crippen LogP) is 2.89. The van der Waals surface area contributed by atoms with E-state index >= 15 is 0 Å². The van der Waals surface area contributed by atoms with Crippen molar-refractivity contribution in [3.63, 3.8) is 0 Å². The van der Waals surface area contributed by atoms with Gasteiger partial charge in [0, 0.05) is 25.2 Å². The van der Waals surface area contributed by atoms with Crippen LogP contribution in [-0.4, -0.2) is 36.6 Å². The van der Waals surface area contributed by atoms with Crippen LogP contribution in [0.15, 0.2) is 0 Å². The second-order valence-electron chi connectivity index (χ2n) is 5.70. The van der Waals surface area contributed by atoms with Crippen molar-refractivity contribution in [2.45, 2.75) is 65.5 Å². The van der Waals surface area contributed by atoms with E-state index in [1.807, 2.05) is 0 Å². The smallest absolute Gasteiger partial charge is 0.0110 e. The first-order chi connectivity index (χ1) is 7.63. The van der Waals surface area contributed by atoms with Crippen LogP contribution in [0.4, 0.5) is 0 Å². The average molecular weight is 226 g/mol. The molecule has 1 fully saturated rings. The van der Waals surface area contributed by atoms with E-state index in [1.165, 1.54) is 45.3 Å². The summed E-state index contributed by atoms with van der Waals surface area (Å²) < 4.78 is 0. The Morgan fingerprint density at radius 2 is 1.94 bits per heavy atom. The van der Waals surface area contributed by atoms with Gasteiger partial charge in [-0.3, -0.25) is 4.90 Å². The maximum Gasteiger partial charge on any atom is 0.0110 e. The second kappa shape index (κ2) is 7.29. The molecule has 0 radical (unpaired) electrons. The van der Waals surface area contributed by atoms with Crippen LogP contribution in [0, 0.1) is 5.92 Å². The van der Waals surface area contributed by atoms with Gasteiger partial charge in [-0.15, -0.1) is 0 Å². The highest BCUT2D eigenvalue weighted by Gasteiger charge is 2.18. The van der Waals surface area contributed by atoms with E-state index < -0.39 is 0 Å². The zero-order valence-corrected chi connectivity index (χ0v) is 11.6. The van der Waals surface area contributed by atoms with Gasteiger partial charge in [0.2, 0.25) is 0 Å². The molecule has 1 aliphatic heterocycles. The van der Waals surface area contributed by atoms with E-state index in [1.54, 1.807) is 0 Å². The molecule has 0 aliphatic carbocycles. The summed E-state index contributed by atoms with van der Waals surface area (Å²) >= 11 is 0. The minimum atomic E-state index is 0.752. The van der Waals surface area contributed by atoms with Gasteiger partial charge in [-0.1, -0.05) is 20.8 Å². The SMILES string of the molecule is CCC1CCN(C(C)CCC(C)C)CCN1. The number of hydrogen-bond acceptors (Lipinski definition) is 2. The molecule has 0 aromatic heterocycles. The second-order valence-corrected chi connectivity index (χ2v) is 5.70. The Morgan fingerprint density at radius 3 is 2.56 bits per heavy atom. The largest absolute Gasteiger partial charge is 0.313 e. The summed E-state index contributed by atoms with van der Waals surface area (Å²) in [5, 5.41) is 3.64. The zero-order chi connectivity index (χ0) is 12.0. The van der Waals surface area contributed by atoms with Gasteiger partial charge in [0.25, 0.3) is 0 Å². The van der Waals surface area contributed by atoms with Gasteiger partial charge >= 0.3 is 0 Å². The van der Waals surface area contributed by atoms with Crippen LogP contribution in [0.25, 0.3) is 0 Å². The van der Waals surface area contributed by atoms with Crippen LogP contribution >= 0.6 is 0 Å². The van der Waals surface area contributed by atoms with Crippen molar-refractivity contribution in [2.75, 3.05) is 19.6 Å². The summed E-state index contributed by atoms with van der Waals surface area (Å²) in [5.41, 5.74) is 0. The number of rotatable bonds is 5. The molecule has 1 N–H and O–H groups in total. The highest BCUT2D eigenvalue weighted by Crippen LogP contribution is 2.14. The lowest BCUT2D eigenvalue weighted by atomic mass is 10.0. The van der Waals surface area contributed by atoms with Gasteiger partial charge in [0.15, 0.2) is 0 Å². The van der Waals surface area contributed by atoms with Gasteiger partial charge in [0.05, 0.1) is 0 Å². The highest BCUT2D eigenvalue weighted by atomic mass is 15.2. The molecule has 0 spiro atoms. The lowest BCUT2D eigenvalue weighted by Gasteiger charge is -2.28. The lowest BCUT2D eigenvalue weighted by molar-refractivity contribution is 0.203. The Morgan fingerprint density at radius 1 is 1.19 bits per heavy atom. The van der Waals surface area contributed by atoms with Crippen LogP contribution in [0.1, 0.15) is 53.4 Å². The molecule has 1 heterocycles. The number of nitrogens with one attached hydrogen (secondary N) is 1. The van der Waals surface area contributed by atoms with Crippen molar-refractivity contribution >= 4 is 0 Å². The first-order valence-corrected chi connectivity index (χ1v) is 7.11. The maximum atomic E-state index is 3.64. The van der Waals surface area contributed by atoms with Gasteiger partial charge in [0.1, 0.15) is 0 Å². The van der Waals surface area contributed by atoms with Crippen LogP contribution in [0.2, 0.25) is 0 Å². The van der Waals surface area contributed by atoms with Gasteiger partial charge < -0.3 is 5.32 Å². The molecular weight excluding hydrogens is 196 g/mol. The Bertz CT molecular complexity index is 180. The molecule has 0 saturated carbocycles. The quantitative estimate of drug-likeness (QED) is 0.775. The molecule has 2 atom stereocenters. The van der Waals surface area contributed by atoms with Gasteiger partial charge in [-0.25, -0.2) is 0 Å². The summed E-state index contributed by atoms with van der Waals surface area (Å²) in [6.45, 7) is 13.0. The fourth-order valence-corrected chi connectivity index (χ4v) is 2.49. The van der Waals surface area contributed by atoms with Crippen molar-refractivity contribution in [1.82, 2.24) is 10.2 Å². The number of hydrogen-bond donors (Lipinski definition) is 1. The first-order valence-electron chi connectivity index (χ1n) is 7.11. The summed E-state index contributed by atoms with van der Waals surface area (Å²) in [4.78, 5) is 2.67. The molecule has 2 heteroatoms. The first kappa shape index (κ1) is 14.0. The summed E-state index contributed by atoms with van der Waals surface area (Å²) in [6.07, 6.45) is 5.31. The van der Waals surface area contributed by atoms with Gasteiger partial charge in [-0.05, 0) is 45.1 Å². The third-order valence-electron chi connectivity index (χ3n) is 3.87. The van der Waals surface area contributed by atoms with Crippen molar-refractivity contribution < 1.29 is 0 Å². The van der Waals surface area contributed by atoms with E-state index in [4.69, 9.17) is 0 Å².